The van der Waals surface area contributed by atoms with Crippen LogP contribution in [0.25, 0.3) is 0 Å². The second-order valence-electron chi connectivity index (χ2n) is 5.70. The minimum Gasteiger partial charge on any atom is -0.497 e. The van der Waals surface area contributed by atoms with Crippen molar-refractivity contribution in [3.63, 3.8) is 0 Å². The van der Waals surface area contributed by atoms with E-state index in [9.17, 15) is 0 Å². The van der Waals surface area contributed by atoms with Crippen molar-refractivity contribution in [1.82, 2.24) is 15.1 Å². The van der Waals surface area contributed by atoms with E-state index in [1.54, 1.807) is 7.11 Å². The number of ether oxygens (including phenoxy) is 1. The average Bonchev–Trinajstić information content (AvgIpc) is 2.47. The first-order valence-corrected chi connectivity index (χ1v) is 7.41. The first-order valence-electron chi connectivity index (χ1n) is 7.41. The fraction of sp³-hybridized carbons (Fsp3) is 0.625. The Labute approximate surface area is 122 Å². The molecule has 1 aromatic rings. The summed E-state index contributed by atoms with van der Waals surface area (Å²) in [4.78, 5) is 4.87. The lowest BCUT2D eigenvalue weighted by Crippen LogP contribution is -2.53. The highest BCUT2D eigenvalue weighted by Gasteiger charge is 2.21. The number of hydrogen-bond acceptors (Lipinski definition) is 4. The highest BCUT2D eigenvalue weighted by atomic mass is 16.5. The smallest absolute Gasteiger partial charge is 0.118 e. The Morgan fingerprint density at radius 1 is 1.20 bits per heavy atom. The molecule has 1 saturated heterocycles. The van der Waals surface area contributed by atoms with Gasteiger partial charge in [-0.1, -0.05) is 12.1 Å². The fourth-order valence-electron chi connectivity index (χ4n) is 2.62. The van der Waals surface area contributed by atoms with Gasteiger partial charge in [0.1, 0.15) is 5.75 Å². The minimum absolute atomic E-state index is 0.629. The summed E-state index contributed by atoms with van der Waals surface area (Å²) >= 11 is 0. The molecule has 1 unspecified atom stereocenters. The standard InChI is InChI=1S/C16H27N3O/c1-18-10-11-19(2)15(13-18)12-17-9-8-14-4-6-16(20-3)7-5-14/h4-7,15,17H,8-13H2,1-3H3. The maximum absolute atomic E-state index is 5.17. The number of nitrogens with one attached hydrogen (secondary N) is 1. The van der Waals surface area contributed by atoms with E-state index in [0.29, 0.717) is 6.04 Å². The molecule has 0 aliphatic carbocycles. The van der Waals surface area contributed by atoms with Crippen molar-refractivity contribution in [1.29, 1.82) is 0 Å². The molecule has 1 atom stereocenters. The van der Waals surface area contributed by atoms with Crippen LogP contribution >= 0.6 is 0 Å². The number of benzene rings is 1. The van der Waals surface area contributed by atoms with E-state index in [1.165, 1.54) is 18.7 Å². The summed E-state index contributed by atoms with van der Waals surface area (Å²) in [6.07, 6.45) is 1.07. The topological polar surface area (TPSA) is 27.7 Å². The molecule has 4 nitrogen and oxygen atoms in total. The summed E-state index contributed by atoms with van der Waals surface area (Å²) in [5, 5.41) is 3.58. The van der Waals surface area contributed by atoms with Crippen LogP contribution in [0.3, 0.4) is 0 Å². The summed E-state index contributed by atoms with van der Waals surface area (Å²) in [7, 11) is 6.13. The van der Waals surface area contributed by atoms with E-state index in [2.05, 4.69) is 41.3 Å². The van der Waals surface area contributed by atoms with Crippen molar-refractivity contribution in [3.8, 4) is 5.75 Å². The maximum Gasteiger partial charge on any atom is 0.118 e. The van der Waals surface area contributed by atoms with Crippen LogP contribution in [0.2, 0.25) is 0 Å². The zero-order valence-corrected chi connectivity index (χ0v) is 12.9. The van der Waals surface area contributed by atoms with Crippen molar-refractivity contribution >= 4 is 0 Å². The first-order chi connectivity index (χ1) is 9.69. The number of hydrogen-bond donors (Lipinski definition) is 1. The van der Waals surface area contributed by atoms with Crippen LogP contribution in [0, 0.1) is 0 Å². The summed E-state index contributed by atoms with van der Waals surface area (Å²) < 4.78 is 5.17. The third-order valence-electron chi connectivity index (χ3n) is 4.11. The van der Waals surface area contributed by atoms with Gasteiger partial charge in [-0.2, -0.15) is 0 Å². The number of rotatable bonds is 6. The zero-order valence-electron chi connectivity index (χ0n) is 12.9. The highest BCUT2D eigenvalue weighted by molar-refractivity contribution is 5.27. The Morgan fingerprint density at radius 2 is 1.95 bits per heavy atom. The van der Waals surface area contributed by atoms with Crippen LogP contribution in [0.4, 0.5) is 0 Å². The van der Waals surface area contributed by atoms with E-state index >= 15 is 0 Å². The van der Waals surface area contributed by atoms with Crippen LogP contribution in [0.5, 0.6) is 5.75 Å². The SMILES string of the molecule is COc1ccc(CCNCC2CN(C)CCN2C)cc1. The largest absolute Gasteiger partial charge is 0.497 e. The quantitative estimate of drug-likeness (QED) is 0.787. The van der Waals surface area contributed by atoms with Crippen LogP contribution < -0.4 is 10.1 Å². The molecule has 0 saturated carbocycles. The van der Waals surface area contributed by atoms with E-state index in [4.69, 9.17) is 4.74 Å². The van der Waals surface area contributed by atoms with Gasteiger partial charge in [-0.3, -0.25) is 4.90 Å². The Morgan fingerprint density at radius 3 is 2.65 bits per heavy atom. The molecule has 0 bridgehead atoms. The Kier molecular flexibility index (Phi) is 5.83. The van der Waals surface area contributed by atoms with Crippen molar-refractivity contribution in [3.05, 3.63) is 29.8 Å². The average molecular weight is 277 g/mol. The molecule has 1 N–H and O–H groups in total. The van der Waals surface area contributed by atoms with Crippen LogP contribution in [-0.2, 0) is 6.42 Å². The number of nitrogens with zero attached hydrogens (tertiary/aromatic N) is 2. The second-order valence-corrected chi connectivity index (χ2v) is 5.70. The maximum atomic E-state index is 5.17. The predicted molar refractivity (Wildman–Crippen MR) is 83.5 cm³/mol. The summed E-state index contributed by atoms with van der Waals surface area (Å²) in [6.45, 7) is 5.60. The van der Waals surface area contributed by atoms with E-state index < -0.39 is 0 Å². The molecule has 112 valence electrons. The van der Waals surface area contributed by atoms with E-state index in [1.807, 2.05) is 12.1 Å². The lowest BCUT2D eigenvalue weighted by molar-refractivity contribution is 0.113. The predicted octanol–water partition coefficient (Wildman–Crippen LogP) is 1.07. The molecule has 0 radical (unpaired) electrons. The Bertz CT molecular complexity index is 393. The van der Waals surface area contributed by atoms with Crippen LogP contribution in [0.1, 0.15) is 5.56 Å². The summed E-state index contributed by atoms with van der Waals surface area (Å²) in [5.74, 6) is 0.925. The highest BCUT2D eigenvalue weighted by Crippen LogP contribution is 2.11. The molecule has 1 aliphatic heterocycles. The van der Waals surface area contributed by atoms with Crippen molar-refractivity contribution < 1.29 is 4.74 Å². The summed E-state index contributed by atoms with van der Waals surface area (Å²) in [6, 6.07) is 8.96. The van der Waals surface area contributed by atoms with Crippen molar-refractivity contribution in [2.24, 2.45) is 0 Å². The van der Waals surface area contributed by atoms with Crippen LogP contribution in [-0.4, -0.2) is 69.8 Å². The monoisotopic (exact) mass is 277 g/mol. The Balaban J connectivity index is 1.67. The third kappa shape index (κ3) is 4.47. The van der Waals surface area contributed by atoms with Gasteiger partial charge in [0.2, 0.25) is 0 Å². The molecular weight excluding hydrogens is 250 g/mol. The normalized spacial score (nSPS) is 21.1. The molecule has 1 heterocycles. The van der Waals surface area contributed by atoms with E-state index in [-0.39, 0.29) is 0 Å². The molecular formula is C16H27N3O. The minimum atomic E-state index is 0.629. The lowest BCUT2D eigenvalue weighted by atomic mass is 10.1. The molecule has 4 heteroatoms. The van der Waals surface area contributed by atoms with Gasteiger partial charge in [0.25, 0.3) is 0 Å². The second kappa shape index (κ2) is 7.62. The van der Waals surface area contributed by atoms with Gasteiger partial charge in [-0.15, -0.1) is 0 Å². The number of methoxy groups -OCH3 is 1. The van der Waals surface area contributed by atoms with Gasteiger partial charge >= 0.3 is 0 Å². The third-order valence-corrected chi connectivity index (χ3v) is 4.11. The number of likely N-dealkylation sites (N-methyl/N-ethyl adjacent to an activating group) is 2. The number of piperazine rings is 1. The molecule has 0 spiro atoms. The van der Waals surface area contributed by atoms with Gasteiger partial charge in [0.05, 0.1) is 7.11 Å². The van der Waals surface area contributed by atoms with Gasteiger partial charge < -0.3 is 15.0 Å². The van der Waals surface area contributed by atoms with Crippen molar-refractivity contribution in [2.75, 3.05) is 53.9 Å². The summed E-state index contributed by atoms with van der Waals surface area (Å²) in [5.41, 5.74) is 1.35. The molecule has 2 rings (SSSR count). The van der Waals surface area contributed by atoms with Gasteiger partial charge in [0, 0.05) is 32.2 Å². The van der Waals surface area contributed by atoms with Crippen LogP contribution in [0.15, 0.2) is 24.3 Å². The van der Waals surface area contributed by atoms with Gasteiger partial charge in [0.15, 0.2) is 0 Å². The molecule has 1 aliphatic rings. The molecule has 1 fully saturated rings. The Hall–Kier alpha value is -1.10. The lowest BCUT2D eigenvalue weighted by Gasteiger charge is -2.37. The van der Waals surface area contributed by atoms with Crippen molar-refractivity contribution in [2.45, 2.75) is 12.5 Å². The zero-order chi connectivity index (χ0) is 14.4. The first kappa shape index (κ1) is 15.3. The van der Waals surface area contributed by atoms with E-state index in [0.717, 1.165) is 31.8 Å². The fourth-order valence-corrected chi connectivity index (χ4v) is 2.62. The molecule has 1 aromatic carbocycles. The van der Waals surface area contributed by atoms with Gasteiger partial charge in [-0.25, -0.2) is 0 Å². The van der Waals surface area contributed by atoms with Gasteiger partial charge in [-0.05, 0) is 44.8 Å². The molecule has 0 aromatic heterocycles. The molecule has 20 heavy (non-hydrogen) atoms. The molecule has 0 amide bonds.